The van der Waals surface area contributed by atoms with Crippen LogP contribution in [0.25, 0.3) is 0 Å². The van der Waals surface area contributed by atoms with E-state index in [4.69, 9.17) is 9.47 Å². The van der Waals surface area contributed by atoms with Gasteiger partial charge in [-0.25, -0.2) is 0 Å². The summed E-state index contributed by atoms with van der Waals surface area (Å²) in [4.78, 5) is 14.1. The summed E-state index contributed by atoms with van der Waals surface area (Å²) in [6, 6.07) is 9.63. The van der Waals surface area contributed by atoms with Crippen molar-refractivity contribution < 1.29 is 19.4 Å². The first-order valence-corrected chi connectivity index (χ1v) is 6.82. The molecule has 0 aromatic heterocycles. The predicted molar refractivity (Wildman–Crippen MR) is 74.5 cm³/mol. The van der Waals surface area contributed by atoms with Gasteiger partial charge >= 0.3 is 5.97 Å². The lowest BCUT2D eigenvalue weighted by molar-refractivity contribution is -0.143. The molecule has 2 rings (SSSR count). The molecule has 0 bridgehead atoms. The Bertz CT molecular complexity index is 423. The highest BCUT2D eigenvalue weighted by Crippen LogP contribution is 2.20. The number of ether oxygens (including phenoxy) is 2. The monoisotopic (exact) mass is 279 g/mol. The van der Waals surface area contributed by atoms with E-state index in [9.17, 15) is 9.90 Å². The van der Waals surface area contributed by atoms with Crippen LogP contribution >= 0.6 is 0 Å². The molecule has 0 radical (unpaired) electrons. The molecule has 0 amide bonds. The van der Waals surface area contributed by atoms with Crippen molar-refractivity contribution in [3.8, 4) is 0 Å². The van der Waals surface area contributed by atoms with E-state index in [1.165, 1.54) is 7.11 Å². The van der Waals surface area contributed by atoms with Gasteiger partial charge in [0.1, 0.15) is 0 Å². The average Bonchev–Trinajstić information content (AvgIpc) is 2.53. The van der Waals surface area contributed by atoms with E-state index in [1.54, 1.807) is 0 Å². The minimum absolute atomic E-state index is 0.00469. The fourth-order valence-electron chi connectivity index (χ4n) is 2.46. The van der Waals surface area contributed by atoms with Crippen LogP contribution in [0.3, 0.4) is 0 Å². The highest BCUT2D eigenvalue weighted by atomic mass is 16.5. The summed E-state index contributed by atoms with van der Waals surface area (Å²) in [6.07, 6.45) is -0.169. The zero-order valence-corrected chi connectivity index (χ0v) is 11.7. The average molecular weight is 279 g/mol. The molecule has 1 aromatic rings. The number of hydrogen-bond acceptors (Lipinski definition) is 5. The molecule has 1 heterocycles. The number of rotatable bonds is 5. The Morgan fingerprint density at radius 3 is 2.90 bits per heavy atom. The molecule has 1 fully saturated rings. The molecule has 1 aliphatic heterocycles. The van der Waals surface area contributed by atoms with Crippen molar-refractivity contribution >= 4 is 5.97 Å². The van der Waals surface area contributed by atoms with E-state index in [1.807, 2.05) is 30.3 Å². The van der Waals surface area contributed by atoms with Crippen LogP contribution in [0.2, 0.25) is 0 Å². The Morgan fingerprint density at radius 2 is 2.25 bits per heavy atom. The number of benzene rings is 1. The zero-order valence-electron chi connectivity index (χ0n) is 11.7. The molecule has 110 valence electrons. The fourth-order valence-corrected chi connectivity index (χ4v) is 2.46. The number of morpholine rings is 1. The van der Waals surface area contributed by atoms with Crippen LogP contribution in [-0.2, 0) is 14.3 Å². The van der Waals surface area contributed by atoms with Gasteiger partial charge in [0.2, 0.25) is 0 Å². The summed E-state index contributed by atoms with van der Waals surface area (Å²) >= 11 is 0. The highest BCUT2D eigenvalue weighted by Gasteiger charge is 2.27. The lowest BCUT2D eigenvalue weighted by atomic mass is 9.98. The fraction of sp³-hybridized carbons (Fsp3) is 0.533. The van der Waals surface area contributed by atoms with E-state index in [0.29, 0.717) is 19.7 Å². The van der Waals surface area contributed by atoms with Crippen molar-refractivity contribution in [2.75, 3.05) is 40.0 Å². The van der Waals surface area contributed by atoms with Gasteiger partial charge in [0.05, 0.1) is 32.3 Å². The molecule has 0 spiro atoms. The summed E-state index contributed by atoms with van der Waals surface area (Å²) < 4.78 is 10.3. The van der Waals surface area contributed by atoms with Gasteiger partial charge < -0.3 is 14.6 Å². The molecule has 20 heavy (non-hydrogen) atoms. The third kappa shape index (κ3) is 3.79. The molecule has 0 aliphatic carbocycles. The molecule has 5 heteroatoms. The van der Waals surface area contributed by atoms with Crippen LogP contribution in [0, 0.1) is 0 Å². The first kappa shape index (κ1) is 15.0. The van der Waals surface area contributed by atoms with Gasteiger partial charge in [-0.3, -0.25) is 9.69 Å². The second kappa shape index (κ2) is 7.38. The van der Waals surface area contributed by atoms with Gasteiger partial charge in [-0.1, -0.05) is 30.3 Å². The largest absolute Gasteiger partial charge is 0.469 e. The van der Waals surface area contributed by atoms with Crippen molar-refractivity contribution in [3.05, 3.63) is 35.9 Å². The number of aliphatic hydroxyl groups excluding tert-OH is 1. The van der Waals surface area contributed by atoms with Crippen LogP contribution in [0.15, 0.2) is 30.3 Å². The van der Waals surface area contributed by atoms with Gasteiger partial charge in [-0.05, 0) is 5.56 Å². The summed E-state index contributed by atoms with van der Waals surface area (Å²) in [5.74, 6) is -0.540. The smallest absolute Gasteiger partial charge is 0.314 e. The standard InChI is InChI=1S/C15H21NO4/c1-19-15(18)14(12-5-3-2-4-6-12)10-16-7-8-20-13(9-16)11-17/h2-6,13-14,17H,7-11H2,1H3. The number of nitrogens with zero attached hydrogens (tertiary/aromatic N) is 1. The number of hydrogen-bond donors (Lipinski definition) is 1. The van der Waals surface area contributed by atoms with Gasteiger partial charge in [-0.2, -0.15) is 0 Å². The minimum atomic E-state index is -0.307. The van der Waals surface area contributed by atoms with Gasteiger partial charge in [0, 0.05) is 19.6 Å². The Balaban J connectivity index is 2.06. The van der Waals surface area contributed by atoms with Crippen LogP contribution in [0.4, 0.5) is 0 Å². The molecule has 1 saturated heterocycles. The Morgan fingerprint density at radius 1 is 1.50 bits per heavy atom. The number of esters is 1. The first-order chi connectivity index (χ1) is 9.74. The third-order valence-electron chi connectivity index (χ3n) is 3.55. The molecule has 1 aliphatic rings. The van der Waals surface area contributed by atoms with Gasteiger partial charge in [0.15, 0.2) is 0 Å². The first-order valence-electron chi connectivity index (χ1n) is 6.82. The van der Waals surface area contributed by atoms with Crippen molar-refractivity contribution in [1.82, 2.24) is 4.90 Å². The van der Waals surface area contributed by atoms with E-state index in [2.05, 4.69) is 4.90 Å². The zero-order chi connectivity index (χ0) is 14.4. The number of aliphatic hydroxyl groups is 1. The van der Waals surface area contributed by atoms with Gasteiger partial charge in [0.25, 0.3) is 0 Å². The Labute approximate surface area is 119 Å². The van der Waals surface area contributed by atoms with Crippen molar-refractivity contribution in [3.63, 3.8) is 0 Å². The molecular weight excluding hydrogens is 258 g/mol. The Hall–Kier alpha value is -1.43. The van der Waals surface area contributed by atoms with Crippen LogP contribution in [-0.4, -0.2) is 62.0 Å². The Kier molecular flexibility index (Phi) is 5.52. The predicted octanol–water partition coefficient (Wildman–Crippen LogP) is 0.636. The topological polar surface area (TPSA) is 59.0 Å². The van der Waals surface area contributed by atoms with E-state index < -0.39 is 0 Å². The maximum Gasteiger partial charge on any atom is 0.314 e. The molecule has 1 N–H and O–H groups in total. The molecular formula is C15H21NO4. The van der Waals surface area contributed by atoms with Gasteiger partial charge in [-0.15, -0.1) is 0 Å². The third-order valence-corrected chi connectivity index (χ3v) is 3.55. The number of carbonyl (C=O) groups is 1. The summed E-state index contributed by atoms with van der Waals surface area (Å²) in [5, 5.41) is 9.17. The maximum atomic E-state index is 12.0. The van der Waals surface area contributed by atoms with E-state index >= 15 is 0 Å². The van der Waals surface area contributed by atoms with Crippen LogP contribution < -0.4 is 0 Å². The van der Waals surface area contributed by atoms with Crippen molar-refractivity contribution in [2.45, 2.75) is 12.0 Å². The van der Waals surface area contributed by atoms with Crippen molar-refractivity contribution in [1.29, 1.82) is 0 Å². The lowest BCUT2D eigenvalue weighted by Crippen LogP contribution is -2.46. The van der Waals surface area contributed by atoms with E-state index in [0.717, 1.165) is 12.1 Å². The molecule has 2 atom stereocenters. The molecule has 1 aromatic carbocycles. The number of methoxy groups -OCH3 is 1. The van der Waals surface area contributed by atoms with Crippen molar-refractivity contribution in [2.24, 2.45) is 0 Å². The molecule has 5 nitrogen and oxygen atoms in total. The van der Waals surface area contributed by atoms with Crippen LogP contribution in [0.5, 0.6) is 0 Å². The SMILES string of the molecule is COC(=O)C(CN1CCOC(CO)C1)c1ccccc1. The maximum absolute atomic E-state index is 12.0. The van der Waals surface area contributed by atoms with Crippen LogP contribution in [0.1, 0.15) is 11.5 Å². The summed E-state index contributed by atoms with van der Waals surface area (Å²) in [6.45, 7) is 2.56. The molecule has 0 saturated carbocycles. The number of carbonyl (C=O) groups excluding carboxylic acids is 1. The molecule has 2 unspecified atom stereocenters. The van der Waals surface area contributed by atoms with E-state index in [-0.39, 0.29) is 24.6 Å². The second-order valence-electron chi connectivity index (χ2n) is 4.92. The summed E-state index contributed by atoms with van der Waals surface area (Å²) in [5.41, 5.74) is 0.950. The second-order valence-corrected chi connectivity index (χ2v) is 4.92. The quantitative estimate of drug-likeness (QED) is 0.801. The highest BCUT2D eigenvalue weighted by molar-refractivity contribution is 5.78. The minimum Gasteiger partial charge on any atom is -0.469 e. The summed E-state index contributed by atoms with van der Waals surface area (Å²) in [7, 11) is 1.41. The lowest BCUT2D eigenvalue weighted by Gasteiger charge is -2.33. The normalized spacial score (nSPS) is 21.4.